The largest absolute Gasteiger partial charge is 0.457 e. The molecule has 5 aliphatic heterocycles. The molecule has 0 spiro atoms. The maximum atomic E-state index is 13.2. The van der Waals surface area contributed by atoms with E-state index < -0.39 is 6.04 Å². The van der Waals surface area contributed by atoms with Crippen molar-refractivity contribution in [3.8, 4) is 22.8 Å². The topological polar surface area (TPSA) is 155 Å². The predicted octanol–water partition coefficient (Wildman–Crippen LogP) is 6.25. The molecule has 328 valence electrons. The summed E-state index contributed by atoms with van der Waals surface area (Å²) < 4.78 is 8.16. The lowest BCUT2D eigenvalue weighted by atomic mass is 9.88. The SMILES string of the molecule is Nc1ncnc2c1c(-c1ccc(Oc3ccccc3)cc1)nn2C1CCCN(CC2CCN(CCCN3CCC(c4ccc5c(c4)CN(C4CCC(=O)NC4=O)C5=O)CC3)CC2)C1. The highest BCUT2D eigenvalue weighted by molar-refractivity contribution is 6.05. The molecule has 4 fully saturated rings. The number of likely N-dealkylation sites (tertiary alicyclic amines) is 3. The fourth-order valence-electron chi connectivity index (χ4n) is 10.8. The van der Waals surface area contributed by atoms with Crippen molar-refractivity contribution in [3.05, 3.63) is 95.8 Å². The number of carbonyl (C=O) groups excluding carboxylic acids is 3. The highest BCUT2D eigenvalue weighted by Gasteiger charge is 2.39. The molecule has 2 unspecified atom stereocenters. The van der Waals surface area contributed by atoms with Gasteiger partial charge in [-0.05, 0) is 163 Å². The highest BCUT2D eigenvalue weighted by Crippen LogP contribution is 2.37. The van der Waals surface area contributed by atoms with Gasteiger partial charge in [0.2, 0.25) is 11.8 Å². The van der Waals surface area contributed by atoms with Crippen LogP contribution in [0.4, 0.5) is 5.82 Å². The van der Waals surface area contributed by atoms with Crippen molar-refractivity contribution < 1.29 is 19.1 Å². The first-order chi connectivity index (χ1) is 30.8. The van der Waals surface area contributed by atoms with Gasteiger partial charge in [-0.3, -0.25) is 19.7 Å². The number of nitrogens with one attached hydrogen (secondary N) is 1. The summed E-state index contributed by atoms with van der Waals surface area (Å²) in [6.45, 7) is 10.5. The summed E-state index contributed by atoms with van der Waals surface area (Å²) in [6.07, 6.45) is 10.3. The Morgan fingerprint density at radius 2 is 1.52 bits per heavy atom. The molecule has 14 nitrogen and oxygen atoms in total. The molecule has 2 atom stereocenters. The molecule has 3 amide bonds. The molecule has 5 aliphatic rings. The summed E-state index contributed by atoms with van der Waals surface area (Å²) >= 11 is 0. The summed E-state index contributed by atoms with van der Waals surface area (Å²) in [7, 11) is 0. The third-order valence-corrected chi connectivity index (χ3v) is 14.2. The number of anilines is 1. The molecule has 14 heteroatoms. The number of imide groups is 1. The average molecular weight is 851 g/mol. The number of rotatable bonds is 12. The molecule has 4 saturated heterocycles. The van der Waals surface area contributed by atoms with Gasteiger partial charge in [-0.2, -0.15) is 5.10 Å². The molecule has 3 N–H and O–H groups in total. The summed E-state index contributed by atoms with van der Waals surface area (Å²) in [4.78, 5) is 56.0. The van der Waals surface area contributed by atoms with Crippen LogP contribution >= 0.6 is 0 Å². The van der Waals surface area contributed by atoms with E-state index in [0.717, 1.165) is 111 Å². The number of para-hydroxylation sites is 1. The molecule has 2 aromatic heterocycles. The fourth-order valence-corrected chi connectivity index (χ4v) is 10.8. The second kappa shape index (κ2) is 18.2. The number of hydrogen-bond acceptors (Lipinski definition) is 11. The van der Waals surface area contributed by atoms with E-state index >= 15 is 0 Å². The van der Waals surface area contributed by atoms with Gasteiger partial charge in [0.25, 0.3) is 5.91 Å². The van der Waals surface area contributed by atoms with E-state index in [1.807, 2.05) is 60.7 Å². The normalized spacial score (nSPS) is 22.2. The lowest BCUT2D eigenvalue weighted by Crippen LogP contribution is -2.52. The zero-order valence-corrected chi connectivity index (χ0v) is 36.0. The summed E-state index contributed by atoms with van der Waals surface area (Å²) in [5.74, 6) is 2.47. The Hall–Kier alpha value is -5.70. The van der Waals surface area contributed by atoms with Crippen molar-refractivity contribution in [1.82, 2.24) is 44.7 Å². The monoisotopic (exact) mass is 850 g/mol. The Labute approximate surface area is 368 Å². The molecule has 0 bridgehead atoms. The van der Waals surface area contributed by atoms with Crippen LogP contribution in [0.15, 0.2) is 79.1 Å². The van der Waals surface area contributed by atoms with E-state index in [-0.39, 0.29) is 30.2 Å². The molecule has 0 radical (unpaired) electrons. The van der Waals surface area contributed by atoms with Crippen molar-refractivity contribution in [1.29, 1.82) is 0 Å². The van der Waals surface area contributed by atoms with Gasteiger partial charge in [0, 0.05) is 37.2 Å². The second-order valence-corrected chi connectivity index (χ2v) is 18.3. The molecule has 0 aliphatic carbocycles. The van der Waals surface area contributed by atoms with E-state index in [0.29, 0.717) is 36.2 Å². The summed E-state index contributed by atoms with van der Waals surface area (Å²) in [6, 6.07) is 23.7. The van der Waals surface area contributed by atoms with Crippen LogP contribution in [0, 0.1) is 5.92 Å². The van der Waals surface area contributed by atoms with E-state index in [1.54, 1.807) is 11.2 Å². The Kier molecular flexibility index (Phi) is 11.9. The van der Waals surface area contributed by atoms with Crippen molar-refractivity contribution >= 4 is 34.6 Å². The molecule has 63 heavy (non-hydrogen) atoms. The third-order valence-electron chi connectivity index (χ3n) is 14.2. The summed E-state index contributed by atoms with van der Waals surface area (Å²) in [5.41, 5.74) is 12.0. The van der Waals surface area contributed by atoms with Gasteiger partial charge < -0.3 is 30.1 Å². The Bertz CT molecular complexity index is 2440. The molecule has 0 saturated carbocycles. The first-order valence-corrected chi connectivity index (χ1v) is 23.1. The zero-order valence-electron chi connectivity index (χ0n) is 36.0. The minimum absolute atomic E-state index is 0.104. The van der Waals surface area contributed by atoms with Gasteiger partial charge in [0.1, 0.15) is 35.4 Å². The number of nitrogen functional groups attached to an aromatic ring is 1. The molecule has 10 rings (SSSR count). The highest BCUT2D eigenvalue weighted by atomic mass is 16.5. The average Bonchev–Trinajstić information content (AvgIpc) is 3.86. The number of aromatic nitrogens is 4. The third kappa shape index (κ3) is 8.94. The maximum absolute atomic E-state index is 13.2. The lowest BCUT2D eigenvalue weighted by Gasteiger charge is -2.38. The van der Waals surface area contributed by atoms with E-state index in [9.17, 15) is 14.4 Å². The minimum atomic E-state index is -0.574. The summed E-state index contributed by atoms with van der Waals surface area (Å²) in [5, 5.41) is 8.39. The molecule has 3 aromatic carbocycles. The Balaban J connectivity index is 0.669. The number of fused-ring (bicyclic) bond motifs is 2. The molecular formula is C49H58N10O4. The second-order valence-electron chi connectivity index (χ2n) is 18.3. The van der Waals surface area contributed by atoms with E-state index in [2.05, 4.69) is 41.8 Å². The Morgan fingerprint density at radius 3 is 2.29 bits per heavy atom. The van der Waals surface area contributed by atoms with Gasteiger partial charge in [-0.15, -0.1) is 0 Å². The minimum Gasteiger partial charge on any atom is -0.457 e. The molecular weight excluding hydrogens is 793 g/mol. The van der Waals surface area contributed by atoms with Gasteiger partial charge in [0.15, 0.2) is 5.65 Å². The molecule has 7 heterocycles. The van der Waals surface area contributed by atoms with Crippen LogP contribution in [0.3, 0.4) is 0 Å². The maximum Gasteiger partial charge on any atom is 0.255 e. The smallest absolute Gasteiger partial charge is 0.255 e. The van der Waals surface area contributed by atoms with E-state index in [4.69, 9.17) is 20.6 Å². The quantitative estimate of drug-likeness (QED) is 0.137. The fraction of sp³-hybridized carbons (Fsp3) is 0.469. The van der Waals surface area contributed by atoms with Gasteiger partial charge in [-0.25, -0.2) is 14.6 Å². The van der Waals surface area contributed by atoms with Crippen LogP contribution in [0.1, 0.15) is 91.2 Å². The predicted molar refractivity (Wildman–Crippen MR) is 241 cm³/mol. The zero-order chi connectivity index (χ0) is 42.9. The van der Waals surface area contributed by atoms with Crippen LogP contribution < -0.4 is 15.8 Å². The number of amides is 3. The number of hydrogen-bond donors (Lipinski definition) is 2. The van der Waals surface area contributed by atoms with Crippen LogP contribution in [-0.4, -0.2) is 122 Å². The Morgan fingerprint density at radius 1 is 0.778 bits per heavy atom. The van der Waals surface area contributed by atoms with Gasteiger partial charge >= 0.3 is 0 Å². The van der Waals surface area contributed by atoms with E-state index in [1.165, 1.54) is 37.9 Å². The van der Waals surface area contributed by atoms with Gasteiger partial charge in [0.05, 0.1) is 11.4 Å². The number of benzene rings is 3. The van der Waals surface area contributed by atoms with Crippen molar-refractivity contribution in [2.75, 3.05) is 64.6 Å². The van der Waals surface area contributed by atoms with Crippen molar-refractivity contribution in [2.45, 2.75) is 82.3 Å². The number of carbonyl (C=O) groups is 3. The lowest BCUT2D eigenvalue weighted by molar-refractivity contribution is -0.136. The number of ether oxygens (including phenoxy) is 1. The van der Waals surface area contributed by atoms with Crippen LogP contribution in [0.5, 0.6) is 11.5 Å². The van der Waals surface area contributed by atoms with Crippen LogP contribution in [0.2, 0.25) is 0 Å². The number of nitrogens with two attached hydrogens (primary N) is 1. The van der Waals surface area contributed by atoms with Crippen LogP contribution in [0.25, 0.3) is 22.3 Å². The first-order valence-electron chi connectivity index (χ1n) is 23.1. The van der Waals surface area contributed by atoms with Crippen molar-refractivity contribution in [3.63, 3.8) is 0 Å². The van der Waals surface area contributed by atoms with Crippen LogP contribution in [-0.2, 0) is 16.1 Å². The number of piperidine rings is 4. The standard InChI is InChI=1S/C49H58N10O4/c50-46-44-45(35-9-12-40(13-10-35)63-39-7-2-1-3-8-39)54-59(47(44)52-32-51-46)38-6-4-21-57(31-38)29-33-17-24-55(25-18-33)22-5-23-56-26-19-34(20-27-56)36-11-14-41-37(28-36)30-58(49(41)62)42-15-16-43(60)53-48(42)61/h1-3,7-14,28,32-34,38,42H,4-6,15-27,29-31H2,(H2,50,51,52)(H,53,60,61). The molecule has 5 aromatic rings. The van der Waals surface area contributed by atoms with Crippen molar-refractivity contribution in [2.24, 2.45) is 5.92 Å². The van der Waals surface area contributed by atoms with Gasteiger partial charge in [-0.1, -0.05) is 30.3 Å². The first kappa shape index (κ1) is 41.3. The number of nitrogens with zero attached hydrogens (tertiary/aromatic N) is 8.